The first-order valence-electron chi connectivity index (χ1n) is 8.35. The van der Waals surface area contributed by atoms with Crippen LogP contribution in [0.2, 0.25) is 0 Å². The van der Waals surface area contributed by atoms with Gasteiger partial charge >= 0.3 is 6.92 Å². The standard InChI is InChI=1S/C21H20BNO2/c24-16-15-23-17-18-9-7-8-14-21(18)25-22(19-10-3-1-4-11-19)20-12-5-2-6-13-20/h1-14,17,24H,15-16H2. The van der Waals surface area contributed by atoms with Crippen molar-refractivity contribution >= 4 is 24.1 Å². The number of aliphatic imine (C=N–C) groups is 1. The van der Waals surface area contributed by atoms with Crippen LogP contribution in [-0.2, 0) is 0 Å². The summed E-state index contributed by atoms with van der Waals surface area (Å²) < 4.78 is 6.39. The molecule has 0 saturated carbocycles. The van der Waals surface area contributed by atoms with E-state index in [0.29, 0.717) is 6.54 Å². The Balaban J connectivity index is 1.94. The highest BCUT2D eigenvalue weighted by atomic mass is 16.4. The van der Waals surface area contributed by atoms with Gasteiger partial charge in [-0.15, -0.1) is 0 Å². The number of para-hydroxylation sites is 1. The molecule has 0 aromatic heterocycles. The Morgan fingerprint density at radius 3 is 1.96 bits per heavy atom. The third-order valence-corrected chi connectivity index (χ3v) is 3.83. The molecule has 0 aliphatic carbocycles. The van der Waals surface area contributed by atoms with Crippen LogP contribution >= 0.6 is 0 Å². The van der Waals surface area contributed by atoms with Crippen LogP contribution in [-0.4, -0.2) is 31.4 Å². The van der Waals surface area contributed by atoms with Gasteiger partial charge in [-0.05, 0) is 23.1 Å². The number of hydrogen-bond acceptors (Lipinski definition) is 3. The van der Waals surface area contributed by atoms with Gasteiger partial charge < -0.3 is 9.76 Å². The summed E-state index contributed by atoms with van der Waals surface area (Å²) in [7, 11) is 0. The molecule has 4 heteroatoms. The molecule has 0 spiro atoms. The monoisotopic (exact) mass is 329 g/mol. The first kappa shape index (κ1) is 17.0. The molecule has 0 heterocycles. The van der Waals surface area contributed by atoms with Crippen molar-refractivity contribution in [3.05, 3.63) is 90.5 Å². The van der Waals surface area contributed by atoms with Crippen LogP contribution in [0.15, 0.2) is 89.9 Å². The second-order valence-corrected chi connectivity index (χ2v) is 5.62. The van der Waals surface area contributed by atoms with Crippen LogP contribution in [0.1, 0.15) is 5.56 Å². The maximum atomic E-state index is 8.91. The SMILES string of the molecule is OCCN=Cc1ccccc1OB(c1ccccc1)c1ccccc1. The smallest absolute Gasteiger partial charge is 0.426 e. The van der Waals surface area contributed by atoms with E-state index in [4.69, 9.17) is 9.76 Å². The lowest BCUT2D eigenvalue weighted by Crippen LogP contribution is -2.47. The Hall–Kier alpha value is -2.85. The predicted octanol–water partition coefficient (Wildman–Crippen LogP) is 2.28. The minimum atomic E-state index is -0.199. The summed E-state index contributed by atoms with van der Waals surface area (Å²) in [5.74, 6) is 0.766. The van der Waals surface area contributed by atoms with Gasteiger partial charge in [-0.25, -0.2) is 0 Å². The van der Waals surface area contributed by atoms with Gasteiger partial charge in [0.15, 0.2) is 0 Å². The second-order valence-electron chi connectivity index (χ2n) is 5.62. The van der Waals surface area contributed by atoms with Crippen LogP contribution in [0, 0.1) is 0 Å². The van der Waals surface area contributed by atoms with E-state index in [1.165, 1.54) is 0 Å². The fourth-order valence-electron chi connectivity index (χ4n) is 2.63. The van der Waals surface area contributed by atoms with E-state index < -0.39 is 0 Å². The molecule has 1 N–H and O–H groups in total. The third-order valence-electron chi connectivity index (χ3n) is 3.83. The molecule has 3 aromatic rings. The topological polar surface area (TPSA) is 41.8 Å². The normalized spacial score (nSPS) is 10.8. The molecule has 3 aromatic carbocycles. The summed E-state index contributed by atoms with van der Waals surface area (Å²) in [4.78, 5) is 4.22. The predicted molar refractivity (Wildman–Crippen MR) is 105 cm³/mol. The summed E-state index contributed by atoms with van der Waals surface area (Å²) in [6.45, 7) is 0.223. The molecular formula is C21H20BNO2. The minimum Gasteiger partial charge on any atom is -0.551 e. The molecule has 0 fully saturated rings. The van der Waals surface area contributed by atoms with Crippen molar-refractivity contribution < 1.29 is 9.76 Å². The number of nitrogens with zero attached hydrogens (tertiary/aromatic N) is 1. The molecule has 0 saturated heterocycles. The highest BCUT2D eigenvalue weighted by Crippen LogP contribution is 2.17. The van der Waals surface area contributed by atoms with Crippen molar-refractivity contribution in [1.82, 2.24) is 0 Å². The average molecular weight is 329 g/mol. The van der Waals surface area contributed by atoms with Crippen molar-refractivity contribution in [1.29, 1.82) is 0 Å². The first-order valence-corrected chi connectivity index (χ1v) is 8.35. The first-order chi connectivity index (χ1) is 12.4. The Labute approximate surface area is 148 Å². The summed E-state index contributed by atoms with van der Waals surface area (Å²) in [6.07, 6.45) is 1.75. The van der Waals surface area contributed by atoms with Gasteiger partial charge in [-0.2, -0.15) is 0 Å². The lowest BCUT2D eigenvalue weighted by Gasteiger charge is -2.18. The van der Waals surface area contributed by atoms with Gasteiger partial charge in [0.2, 0.25) is 0 Å². The van der Waals surface area contributed by atoms with E-state index >= 15 is 0 Å². The quantitative estimate of drug-likeness (QED) is 0.534. The van der Waals surface area contributed by atoms with Crippen molar-refractivity contribution in [3.63, 3.8) is 0 Å². The molecule has 0 aliphatic heterocycles. The number of hydrogen-bond donors (Lipinski definition) is 1. The molecule has 3 rings (SSSR count). The maximum absolute atomic E-state index is 8.91. The van der Waals surface area contributed by atoms with Crippen LogP contribution in [0.25, 0.3) is 0 Å². The van der Waals surface area contributed by atoms with Gasteiger partial charge in [0.05, 0.1) is 13.2 Å². The molecular weight excluding hydrogens is 309 g/mol. The summed E-state index contributed by atoms with van der Waals surface area (Å²) >= 11 is 0. The highest BCUT2D eigenvalue weighted by Gasteiger charge is 2.23. The van der Waals surface area contributed by atoms with E-state index in [-0.39, 0.29) is 13.5 Å². The fraction of sp³-hybridized carbons (Fsp3) is 0.0952. The van der Waals surface area contributed by atoms with Crippen LogP contribution in [0.4, 0.5) is 0 Å². The summed E-state index contributed by atoms with van der Waals surface area (Å²) in [6, 6.07) is 28.2. The van der Waals surface area contributed by atoms with Crippen LogP contribution in [0.5, 0.6) is 5.75 Å². The molecule has 0 unspecified atom stereocenters. The van der Waals surface area contributed by atoms with Crippen molar-refractivity contribution in [2.75, 3.05) is 13.2 Å². The lowest BCUT2D eigenvalue weighted by molar-refractivity contribution is 0.307. The molecule has 0 amide bonds. The number of benzene rings is 3. The van der Waals surface area contributed by atoms with Gasteiger partial charge in [0.25, 0.3) is 0 Å². The van der Waals surface area contributed by atoms with E-state index in [0.717, 1.165) is 22.2 Å². The number of aliphatic hydroxyl groups excluding tert-OH is 1. The zero-order valence-corrected chi connectivity index (χ0v) is 14.0. The van der Waals surface area contributed by atoms with Gasteiger partial charge in [0.1, 0.15) is 5.75 Å². The largest absolute Gasteiger partial charge is 0.551 e. The van der Waals surface area contributed by atoms with Crippen LogP contribution in [0.3, 0.4) is 0 Å². The van der Waals surface area contributed by atoms with E-state index in [1.54, 1.807) is 6.21 Å². The minimum absolute atomic E-state index is 0.0379. The lowest BCUT2D eigenvalue weighted by atomic mass is 9.55. The third kappa shape index (κ3) is 4.58. The molecule has 3 nitrogen and oxygen atoms in total. The Morgan fingerprint density at radius 2 is 1.36 bits per heavy atom. The highest BCUT2D eigenvalue weighted by molar-refractivity contribution is 6.80. The number of aliphatic hydroxyl groups is 1. The van der Waals surface area contributed by atoms with Crippen molar-refractivity contribution in [2.45, 2.75) is 0 Å². The molecule has 25 heavy (non-hydrogen) atoms. The summed E-state index contributed by atoms with van der Waals surface area (Å²) in [5.41, 5.74) is 3.08. The second kappa shape index (κ2) is 8.85. The molecule has 0 aliphatic rings. The molecule has 0 radical (unpaired) electrons. The Kier molecular flexibility index (Phi) is 6.02. The van der Waals surface area contributed by atoms with Gasteiger partial charge in [-0.3, -0.25) is 4.99 Å². The zero-order chi connectivity index (χ0) is 17.3. The molecule has 0 bridgehead atoms. The fourth-order valence-corrected chi connectivity index (χ4v) is 2.63. The van der Waals surface area contributed by atoms with Gasteiger partial charge in [0, 0.05) is 11.8 Å². The Morgan fingerprint density at radius 1 is 0.800 bits per heavy atom. The average Bonchev–Trinajstić information content (AvgIpc) is 2.69. The molecule has 124 valence electrons. The number of rotatable bonds is 7. The van der Waals surface area contributed by atoms with Crippen molar-refractivity contribution in [3.8, 4) is 5.75 Å². The van der Waals surface area contributed by atoms with E-state index in [9.17, 15) is 0 Å². The summed E-state index contributed by atoms with van der Waals surface area (Å²) in [5, 5.41) is 8.91. The van der Waals surface area contributed by atoms with Gasteiger partial charge in [-0.1, -0.05) is 72.8 Å². The Bertz CT molecular complexity index is 767. The van der Waals surface area contributed by atoms with E-state index in [2.05, 4.69) is 29.3 Å². The zero-order valence-electron chi connectivity index (χ0n) is 14.0. The van der Waals surface area contributed by atoms with Crippen LogP contribution < -0.4 is 15.6 Å². The molecule has 0 atom stereocenters. The maximum Gasteiger partial charge on any atom is 0.426 e. The van der Waals surface area contributed by atoms with E-state index in [1.807, 2.05) is 60.7 Å². The van der Waals surface area contributed by atoms with Crippen molar-refractivity contribution in [2.24, 2.45) is 4.99 Å².